The van der Waals surface area contributed by atoms with Gasteiger partial charge in [0.05, 0.1) is 11.1 Å². The van der Waals surface area contributed by atoms with E-state index in [1.54, 1.807) is 12.1 Å². The Bertz CT molecular complexity index is 953. The first kappa shape index (κ1) is 20.3. The third-order valence-electron chi connectivity index (χ3n) is 7.49. The summed E-state index contributed by atoms with van der Waals surface area (Å²) in [7, 11) is 0. The van der Waals surface area contributed by atoms with Crippen LogP contribution in [0.25, 0.3) is 0 Å². The van der Waals surface area contributed by atoms with E-state index in [0.717, 1.165) is 30.0 Å². The molecule has 8 nitrogen and oxygen atoms in total. The standard InChI is InChI=1S/C23H28N4O4/c28-19-7-6-17(20(29)26-19)27-21(30)15-5-4-14(11-16(15)22(27)31)12-25-18-3-1-2-8-23(18)9-10-24-13-23/h4-5,11,17-18,24-25H,1-3,6-10,12-13H2,(H,26,28,29). The van der Waals surface area contributed by atoms with Crippen molar-refractivity contribution >= 4 is 23.6 Å². The first-order valence-corrected chi connectivity index (χ1v) is 11.3. The molecule has 3 N–H and O–H groups in total. The summed E-state index contributed by atoms with van der Waals surface area (Å²) in [6.45, 7) is 2.77. The number of carbonyl (C=O) groups is 4. The molecule has 3 heterocycles. The van der Waals surface area contributed by atoms with Crippen molar-refractivity contribution < 1.29 is 19.2 Å². The zero-order valence-corrected chi connectivity index (χ0v) is 17.5. The lowest BCUT2D eigenvalue weighted by Gasteiger charge is -2.41. The average molecular weight is 425 g/mol. The highest BCUT2D eigenvalue weighted by Crippen LogP contribution is 2.41. The summed E-state index contributed by atoms with van der Waals surface area (Å²) in [5.41, 5.74) is 1.95. The molecule has 0 radical (unpaired) electrons. The van der Waals surface area contributed by atoms with Gasteiger partial charge in [-0.15, -0.1) is 0 Å². The molecule has 1 aliphatic carbocycles. The minimum absolute atomic E-state index is 0.122. The summed E-state index contributed by atoms with van der Waals surface area (Å²) >= 11 is 0. The van der Waals surface area contributed by atoms with Gasteiger partial charge in [0.15, 0.2) is 0 Å². The van der Waals surface area contributed by atoms with Crippen LogP contribution in [-0.4, -0.2) is 53.7 Å². The molecule has 4 aliphatic rings. The van der Waals surface area contributed by atoms with Crippen LogP contribution in [-0.2, 0) is 16.1 Å². The van der Waals surface area contributed by atoms with E-state index >= 15 is 0 Å². The molecule has 3 unspecified atom stereocenters. The van der Waals surface area contributed by atoms with Gasteiger partial charge in [0, 0.05) is 25.6 Å². The van der Waals surface area contributed by atoms with Crippen LogP contribution in [0, 0.1) is 5.41 Å². The molecule has 5 rings (SSSR count). The van der Waals surface area contributed by atoms with Crippen LogP contribution >= 0.6 is 0 Å². The van der Waals surface area contributed by atoms with E-state index in [1.165, 1.54) is 25.7 Å². The predicted molar refractivity (Wildman–Crippen MR) is 112 cm³/mol. The van der Waals surface area contributed by atoms with Gasteiger partial charge in [-0.05, 0) is 55.3 Å². The Balaban J connectivity index is 1.31. The lowest BCUT2D eigenvalue weighted by atomic mass is 9.69. The highest BCUT2D eigenvalue weighted by atomic mass is 16.2. The van der Waals surface area contributed by atoms with Gasteiger partial charge in [-0.1, -0.05) is 18.9 Å². The Kier molecular flexibility index (Phi) is 5.14. The second-order valence-electron chi connectivity index (χ2n) is 9.30. The monoisotopic (exact) mass is 424 g/mol. The first-order valence-electron chi connectivity index (χ1n) is 11.3. The van der Waals surface area contributed by atoms with Crippen LogP contribution in [0.3, 0.4) is 0 Å². The van der Waals surface area contributed by atoms with Crippen molar-refractivity contribution in [1.82, 2.24) is 20.9 Å². The van der Waals surface area contributed by atoms with E-state index < -0.39 is 23.8 Å². The molecule has 1 saturated carbocycles. The van der Waals surface area contributed by atoms with E-state index in [9.17, 15) is 19.2 Å². The molecule has 31 heavy (non-hydrogen) atoms. The quantitative estimate of drug-likeness (QED) is 0.625. The van der Waals surface area contributed by atoms with Gasteiger partial charge in [-0.2, -0.15) is 0 Å². The molecule has 2 saturated heterocycles. The molecule has 3 fully saturated rings. The Morgan fingerprint density at radius 3 is 2.65 bits per heavy atom. The molecule has 3 aliphatic heterocycles. The molecule has 164 valence electrons. The van der Waals surface area contributed by atoms with E-state index in [-0.39, 0.29) is 18.7 Å². The number of carbonyl (C=O) groups excluding carboxylic acids is 4. The highest BCUT2D eigenvalue weighted by molar-refractivity contribution is 6.23. The van der Waals surface area contributed by atoms with Crippen molar-refractivity contribution in [2.75, 3.05) is 13.1 Å². The fourth-order valence-corrected chi connectivity index (χ4v) is 5.77. The lowest BCUT2D eigenvalue weighted by molar-refractivity contribution is -0.136. The third kappa shape index (κ3) is 3.47. The molecule has 8 heteroatoms. The smallest absolute Gasteiger partial charge is 0.262 e. The second kappa shape index (κ2) is 7.84. The van der Waals surface area contributed by atoms with Gasteiger partial charge in [0.1, 0.15) is 6.04 Å². The predicted octanol–water partition coefficient (Wildman–Crippen LogP) is 1.10. The zero-order chi connectivity index (χ0) is 21.6. The SMILES string of the molecule is O=C1CCC(N2C(=O)c3ccc(CNC4CCCCC45CCNC5)cc3C2=O)C(=O)N1. The van der Waals surface area contributed by atoms with E-state index in [2.05, 4.69) is 16.0 Å². The minimum atomic E-state index is -0.927. The van der Waals surface area contributed by atoms with Gasteiger partial charge in [-0.25, -0.2) is 0 Å². The van der Waals surface area contributed by atoms with Crippen molar-refractivity contribution in [2.24, 2.45) is 5.41 Å². The van der Waals surface area contributed by atoms with Crippen LogP contribution in [0.1, 0.15) is 71.2 Å². The van der Waals surface area contributed by atoms with Crippen LogP contribution < -0.4 is 16.0 Å². The molecule has 0 aromatic heterocycles. The van der Waals surface area contributed by atoms with E-state index in [0.29, 0.717) is 29.1 Å². The summed E-state index contributed by atoms with van der Waals surface area (Å²) < 4.78 is 0. The lowest BCUT2D eigenvalue weighted by Crippen LogP contribution is -2.54. The number of rotatable bonds is 4. The summed E-state index contributed by atoms with van der Waals surface area (Å²) in [6, 6.07) is 4.86. The zero-order valence-electron chi connectivity index (χ0n) is 17.5. The number of amides is 4. The Labute approximate surface area is 181 Å². The van der Waals surface area contributed by atoms with Gasteiger partial charge in [0.25, 0.3) is 11.8 Å². The number of benzene rings is 1. The first-order chi connectivity index (χ1) is 15.0. The maximum atomic E-state index is 13.0. The molecule has 4 amide bonds. The largest absolute Gasteiger partial charge is 0.316 e. The minimum Gasteiger partial charge on any atom is -0.316 e. The number of hydrogen-bond donors (Lipinski definition) is 3. The summed E-state index contributed by atoms with van der Waals surface area (Å²) in [4.78, 5) is 50.5. The van der Waals surface area contributed by atoms with Crippen molar-refractivity contribution in [1.29, 1.82) is 0 Å². The van der Waals surface area contributed by atoms with Gasteiger partial charge < -0.3 is 10.6 Å². The molecular weight excluding hydrogens is 396 g/mol. The van der Waals surface area contributed by atoms with Crippen LogP contribution in [0.5, 0.6) is 0 Å². The topological polar surface area (TPSA) is 108 Å². The number of piperidine rings is 1. The number of nitrogens with one attached hydrogen (secondary N) is 3. The number of fused-ring (bicyclic) bond motifs is 1. The molecule has 3 atom stereocenters. The number of nitrogens with zero attached hydrogens (tertiary/aromatic N) is 1. The molecule has 1 aromatic rings. The molecule has 1 aromatic carbocycles. The average Bonchev–Trinajstić information content (AvgIpc) is 3.32. The van der Waals surface area contributed by atoms with Crippen LogP contribution in [0.2, 0.25) is 0 Å². The summed E-state index contributed by atoms with van der Waals surface area (Å²) in [5, 5.41) is 9.47. The van der Waals surface area contributed by atoms with Crippen molar-refractivity contribution in [3.63, 3.8) is 0 Å². The van der Waals surface area contributed by atoms with Crippen LogP contribution in [0.15, 0.2) is 18.2 Å². The van der Waals surface area contributed by atoms with Crippen molar-refractivity contribution in [2.45, 2.75) is 63.6 Å². The highest BCUT2D eigenvalue weighted by Gasteiger charge is 2.45. The Morgan fingerprint density at radius 1 is 1.03 bits per heavy atom. The van der Waals surface area contributed by atoms with Gasteiger partial charge in [-0.3, -0.25) is 29.4 Å². The van der Waals surface area contributed by atoms with Crippen LogP contribution in [0.4, 0.5) is 0 Å². The van der Waals surface area contributed by atoms with E-state index in [4.69, 9.17) is 0 Å². The molecule has 1 spiro atoms. The Hall–Kier alpha value is -2.58. The molecular formula is C23H28N4O4. The van der Waals surface area contributed by atoms with Crippen molar-refractivity contribution in [3.8, 4) is 0 Å². The van der Waals surface area contributed by atoms with Gasteiger partial charge >= 0.3 is 0 Å². The maximum Gasteiger partial charge on any atom is 0.262 e. The Morgan fingerprint density at radius 2 is 1.87 bits per heavy atom. The number of imide groups is 2. The normalized spacial score (nSPS) is 30.8. The summed E-state index contributed by atoms with van der Waals surface area (Å²) in [6.07, 6.45) is 6.41. The van der Waals surface area contributed by atoms with Crippen molar-refractivity contribution in [3.05, 3.63) is 34.9 Å². The summed E-state index contributed by atoms with van der Waals surface area (Å²) in [5.74, 6) is -1.87. The fourth-order valence-electron chi connectivity index (χ4n) is 5.77. The number of hydrogen-bond acceptors (Lipinski definition) is 6. The molecule has 0 bridgehead atoms. The maximum absolute atomic E-state index is 13.0. The fraction of sp³-hybridized carbons (Fsp3) is 0.565. The third-order valence-corrected chi connectivity index (χ3v) is 7.49. The van der Waals surface area contributed by atoms with Gasteiger partial charge in [0.2, 0.25) is 11.8 Å². The second-order valence-corrected chi connectivity index (χ2v) is 9.30. The van der Waals surface area contributed by atoms with E-state index in [1.807, 2.05) is 6.07 Å².